The van der Waals surface area contributed by atoms with E-state index in [0.717, 1.165) is 6.42 Å². The van der Waals surface area contributed by atoms with E-state index in [2.05, 4.69) is 12.6 Å². The normalized spacial score (nSPS) is 15.0. The summed E-state index contributed by atoms with van der Waals surface area (Å²) in [6.45, 7) is 1.96. The van der Waals surface area contributed by atoms with Crippen molar-refractivity contribution in [2.24, 2.45) is 0 Å². The summed E-state index contributed by atoms with van der Waals surface area (Å²) < 4.78 is -0.0602. The summed E-state index contributed by atoms with van der Waals surface area (Å²) in [5.74, 6) is 0. The van der Waals surface area contributed by atoms with Crippen molar-refractivity contribution >= 4 is 24.2 Å². The summed E-state index contributed by atoms with van der Waals surface area (Å²) in [4.78, 5) is 0. The fourth-order valence-corrected chi connectivity index (χ4v) is 0. The molecule has 0 N–H and O–H groups in total. The second-order valence-electron chi connectivity index (χ2n) is 0.818. The third-order valence-corrected chi connectivity index (χ3v) is 0.963. The molecule has 0 aliphatic carbocycles. The molecule has 0 rings (SSSR count). The van der Waals surface area contributed by atoms with Gasteiger partial charge in [-0.05, 0) is 6.42 Å². The molecule has 0 heterocycles. The number of hydrogen-bond donors (Lipinski definition) is 0. The molecule has 0 aromatic heterocycles. The van der Waals surface area contributed by atoms with Crippen LogP contribution in [0.2, 0.25) is 0 Å². The molecule has 0 aromatic rings. The van der Waals surface area contributed by atoms with Crippen LogP contribution in [0.25, 0.3) is 0 Å². The molecule has 1 unspecified atom stereocenters. The maximum atomic E-state index is 5.28. The third-order valence-electron chi connectivity index (χ3n) is 0.321. The summed E-state index contributed by atoms with van der Waals surface area (Å²) in [5.41, 5.74) is 0. The predicted molar refractivity (Wildman–Crippen MR) is 27.5 cm³/mol. The molecular weight excluding hydrogens is 104 g/mol. The van der Waals surface area contributed by atoms with Gasteiger partial charge in [0.1, 0.15) is 0 Å². The van der Waals surface area contributed by atoms with E-state index in [0.29, 0.717) is 0 Å². The van der Waals surface area contributed by atoms with Gasteiger partial charge in [0.05, 0.1) is 4.71 Å². The van der Waals surface area contributed by atoms with Crippen LogP contribution in [0.15, 0.2) is 0 Å². The van der Waals surface area contributed by atoms with E-state index in [1.54, 1.807) is 0 Å². The summed E-state index contributed by atoms with van der Waals surface area (Å²) in [7, 11) is 0. The van der Waals surface area contributed by atoms with E-state index in [9.17, 15) is 0 Å². The lowest BCUT2D eigenvalue weighted by Gasteiger charge is -1.85. The first-order chi connectivity index (χ1) is 2.27. The molecule has 0 nitrogen and oxygen atoms in total. The SMILES string of the molecule is CCC([S])Cl. The van der Waals surface area contributed by atoms with Crippen LogP contribution in [0.5, 0.6) is 0 Å². The second kappa shape index (κ2) is 2.86. The maximum absolute atomic E-state index is 5.28. The highest BCUT2D eigenvalue weighted by atomic mass is 35.5. The highest BCUT2D eigenvalue weighted by molar-refractivity contribution is 7.82. The lowest BCUT2D eigenvalue weighted by molar-refractivity contribution is 1.05. The molecule has 0 fully saturated rings. The van der Waals surface area contributed by atoms with E-state index < -0.39 is 0 Å². The monoisotopic (exact) mass is 109 g/mol. The van der Waals surface area contributed by atoms with Crippen molar-refractivity contribution in [3.8, 4) is 0 Å². The Labute approximate surface area is 42.9 Å². The zero-order valence-corrected chi connectivity index (χ0v) is 4.64. The Morgan fingerprint density at radius 2 is 2.20 bits per heavy atom. The fraction of sp³-hybridized carbons (Fsp3) is 1.00. The molecule has 0 aliphatic heterocycles. The van der Waals surface area contributed by atoms with Crippen molar-refractivity contribution in [2.75, 3.05) is 0 Å². The molecule has 1 radical (unpaired) electrons. The Bertz CT molecular complexity index is 20.9. The van der Waals surface area contributed by atoms with E-state index in [-0.39, 0.29) is 4.71 Å². The van der Waals surface area contributed by atoms with Crippen molar-refractivity contribution in [2.45, 2.75) is 18.1 Å². The van der Waals surface area contributed by atoms with E-state index in [1.807, 2.05) is 6.92 Å². The molecule has 0 amide bonds. The van der Waals surface area contributed by atoms with Crippen molar-refractivity contribution in [3.05, 3.63) is 0 Å². The summed E-state index contributed by atoms with van der Waals surface area (Å²) in [6, 6.07) is 0. The van der Waals surface area contributed by atoms with Crippen LogP contribution in [-0.4, -0.2) is 4.71 Å². The Kier molecular flexibility index (Phi) is 3.22. The standard InChI is InChI=1S/C3H6ClS/c1-2-3(4)5/h3H,2H2,1H3. The number of alkyl halides is 1. The highest BCUT2D eigenvalue weighted by Crippen LogP contribution is 2.02. The van der Waals surface area contributed by atoms with Gasteiger partial charge in [-0.3, -0.25) is 0 Å². The Hall–Kier alpha value is 0.640. The summed E-state index contributed by atoms with van der Waals surface area (Å²) in [6.07, 6.45) is 0.886. The molecule has 5 heavy (non-hydrogen) atoms. The summed E-state index contributed by atoms with van der Waals surface area (Å²) in [5, 5.41) is 0. The van der Waals surface area contributed by atoms with Gasteiger partial charge in [0.2, 0.25) is 0 Å². The van der Waals surface area contributed by atoms with Gasteiger partial charge in [-0.2, -0.15) is 0 Å². The van der Waals surface area contributed by atoms with Gasteiger partial charge in [-0.25, -0.2) is 0 Å². The Balaban J connectivity index is 2.54. The molecule has 0 bridgehead atoms. The van der Waals surface area contributed by atoms with Gasteiger partial charge in [0.15, 0.2) is 0 Å². The minimum absolute atomic E-state index is 0.0602. The van der Waals surface area contributed by atoms with Gasteiger partial charge >= 0.3 is 0 Å². The van der Waals surface area contributed by atoms with Gasteiger partial charge < -0.3 is 0 Å². The zero-order chi connectivity index (χ0) is 4.28. The molecule has 0 aromatic carbocycles. The van der Waals surface area contributed by atoms with Crippen LogP contribution in [0.3, 0.4) is 0 Å². The lowest BCUT2D eigenvalue weighted by atomic mass is 10.6. The van der Waals surface area contributed by atoms with Gasteiger partial charge in [0.25, 0.3) is 0 Å². The topological polar surface area (TPSA) is 0 Å². The van der Waals surface area contributed by atoms with Crippen LogP contribution in [0, 0.1) is 0 Å². The zero-order valence-electron chi connectivity index (χ0n) is 3.07. The average molecular weight is 110 g/mol. The minimum atomic E-state index is -0.0602. The van der Waals surface area contributed by atoms with Crippen molar-refractivity contribution in [1.29, 1.82) is 0 Å². The first kappa shape index (κ1) is 5.64. The van der Waals surface area contributed by atoms with Crippen LogP contribution in [0.4, 0.5) is 0 Å². The van der Waals surface area contributed by atoms with Gasteiger partial charge in [-0.1, -0.05) is 19.6 Å². The Morgan fingerprint density at radius 1 is 2.00 bits per heavy atom. The van der Waals surface area contributed by atoms with Crippen LogP contribution in [-0.2, 0) is 0 Å². The van der Waals surface area contributed by atoms with Gasteiger partial charge in [0, 0.05) is 0 Å². The van der Waals surface area contributed by atoms with E-state index >= 15 is 0 Å². The van der Waals surface area contributed by atoms with Crippen molar-refractivity contribution in [1.82, 2.24) is 0 Å². The van der Waals surface area contributed by atoms with E-state index in [4.69, 9.17) is 11.6 Å². The quantitative estimate of drug-likeness (QED) is 0.453. The lowest BCUT2D eigenvalue weighted by Crippen LogP contribution is -1.76. The molecule has 31 valence electrons. The van der Waals surface area contributed by atoms with Crippen LogP contribution >= 0.6 is 24.2 Å². The number of hydrogen-bond acceptors (Lipinski definition) is 0. The molecule has 0 spiro atoms. The second-order valence-corrected chi connectivity index (χ2v) is 2.17. The highest BCUT2D eigenvalue weighted by Gasteiger charge is 1.85. The smallest absolute Gasteiger partial charge is 0.0890 e. The Morgan fingerprint density at radius 3 is 2.20 bits per heavy atom. The maximum Gasteiger partial charge on any atom is 0.0890 e. The number of rotatable bonds is 1. The number of halogens is 1. The fourth-order valence-electron chi connectivity index (χ4n) is 0. The molecule has 2 heteroatoms. The van der Waals surface area contributed by atoms with Crippen molar-refractivity contribution < 1.29 is 0 Å². The molecule has 0 saturated heterocycles. The van der Waals surface area contributed by atoms with E-state index in [1.165, 1.54) is 0 Å². The van der Waals surface area contributed by atoms with Crippen LogP contribution in [0.1, 0.15) is 13.3 Å². The third kappa shape index (κ3) is 4.64. The largest absolute Gasteiger partial charge is 0.110 e. The average Bonchev–Trinajstić information content (AvgIpc) is 1.38. The minimum Gasteiger partial charge on any atom is -0.110 e. The molecule has 1 atom stereocenters. The molecule has 0 saturated carbocycles. The van der Waals surface area contributed by atoms with Gasteiger partial charge in [-0.15, -0.1) is 11.6 Å². The van der Waals surface area contributed by atoms with Crippen molar-refractivity contribution in [3.63, 3.8) is 0 Å². The summed E-state index contributed by atoms with van der Waals surface area (Å²) >= 11 is 9.82. The van der Waals surface area contributed by atoms with Crippen LogP contribution < -0.4 is 0 Å². The first-order valence-corrected chi connectivity index (χ1v) is 2.48. The molecule has 0 aliphatic rings. The predicted octanol–water partition coefficient (Wildman–Crippen LogP) is 2.16. The first-order valence-electron chi connectivity index (χ1n) is 1.57. The molecular formula is C3H6ClS.